The number of hydrogen-bond acceptors (Lipinski definition) is 4. The number of nitrogens with one attached hydrogen (secondary N) is 1. The van der Waals surface area contributed by atoms with E-state index < -0.39 is 0 Å². The predicted molar refractivity (Wildman–Crippen MR) is 118 cm³/mol. The van der Waals surface area contributed by atoms with E-state index in [9.17, 15) is 14.4 Å². The lowest BCUT2D eigenvalue weighted by atomic mass is 9.81. The first kappa shape index (κ1) is 20.7. The number of para-hydroxylation sites is 1. The quantitative estimate of drug-likeness (QED) is 0.528. The molecule has 0 spiro atoms. The SMILES string of the molecule is O=C(CCN1C(=O)[C@H]2CCCC[C@@H]2C1=O)Nc1ccccc1SCc1ccccc1. The standard InChI is InChI=1S/C24H26N2O3S/c27-22(14-15-26-23(28)18-10-4-5-11-19(18)24(26)29)25-20-12-6-7-13-21(20)30-16-17-8-2-1-3-9-17/h1-3,6-9,12-13,18-19H,4-5,10-11,14-16H2,(H,25,27)/t18-,19-/m0/s1. The summed E-state index contributed by atoms with van der Waals surface area (Å²) in [7, 11) is 0. The molecule has 2 aromatic carbocycles. The van der Waals surface area contributed by atoms with Crippen LogP contribution in [0.2, 0.25) is 0 Å². The maximum Gasteiger partial charge on any atom is 0.233 e. The minimum atomic E-state index is -0.182. The number of carbonyl (C=O) groups excluding carboxylic acids is 3. The molecule has 6 heteroatoms. The molecule has 4 rings (SSSR count). The molecule has 2 atom stereocenters. The average molecular weight is 423 g/mol. The highest BCUT2D eigenvalue weighted by molar-refractivity contribution is 7.98. The van der Waals surface area contributed by atoms with E-state index in [2.05, 4.69) is 17.4 Å². The molecule has 2 aliphatic rings. The third-order valence-corrected chi connectivity index (χ3v) is 7.04. The maximum atomic E-state index is 12.6. The van der Waals surface area contributed by atoms with Crippen molar-refractivity contribution in [2.45, 2.75) is 42.8 Å². The molecule has 30 heavy (non-hydrogen) atoms. The van der Waals surface area contributed by atoms with Crippen molar-refractivity contribution in [2.75, 3.05) is 11.9 Å². The molecule has 1 saturated carbocycles. The van der Waals surface area contributed by atoms with E-state index in [0.29, 0.717) is 0 Å². The van der Waals surface area contributed by atoms with Crippen molar-refractivity contribution in [1.82, 2.24) is 4.90 Å². The van der Waals surface area contributed by atoms with Crippen LogP contribution in [0.25, 0.3) is 0 Å². The minimum Gasteiger partial charge on any atom is -0.325 e. The number of nitrogens with zero attached hydrogens (tertiary/aromatic N) is 1. The molecule has 0 aromatic heterocycles. The summed E-state index contributed by atoms with van der Waals surface area (Å²) in [6.45, 7) is 0.163. The highest BCUT2D eigenvalue weighted by atomic mass is 32.2. The molecule has 1 heterocycles. The monoisotopic (exact) mass is 422 g/mol. The molecule has 2 fully saturated rings. The number of rotatable bonds is 7. The first-order chi connectivity index (χ1) is 14.6. The van der Waals surface area contributed by atoms with Gasteiger partial charge < -0.3 is 5.32 Å². The Balaban J connectivity index is 1.33. The van der Waals surface area contributed by atoms with Crippen LogP contribution >= 0.6 is 11.8 Å². The Morgan fingerprint density at radius 1 is 0.933 bits per heavy atom. The Morgan fingerprint density at radius 3 is 2.27 bits per heavy atom. The van der Waals surface area contributed by atoms with E-state index in [1.165, 1.54) is 10.5 Å². The number of thioether (sulfide) groups is 1. The van der Waals surface area contributed by atoms with Gasteiger partial charge in [0, 0.05) is 23.6 Å². The smallest absolute Gasteiger partial charge is 0.233 e. The second-order valence-corrected chi connectivity index (χ2v) is 8.91. The molecule has 1 aliphatic carbocycles. The summed E-state index contributed by atoms with van der Waals surface area (Å²) >= 11 is 1.67. The molecule has 1 aliphatic heterocycles. The van der Waals surface area contributed by atoms with Crippen LogP contribution < -0.4 is 5.32 Å². The number of likely N-dealkylation sites (tertiary alicyclic amines) is 1. The summed E-state index contributed by atoms with van der Waals surface area (Å²) in [6, 6.07) is 17.9. The summed E-state index contributed by atoms with van der Waals surface area (Å²) in [4.78, 5) is 40.0. The van der Waals surface area contributed by atoms with Crippen molar-refractivity contribution in [2.24, 2.45) is 11.8 Å². The number of imide groups is 1. The molecular weight excluding hydrogens is 396 g/mol. The van der Waals surface area contributed by atoms with E-state index in [1.807, 2.05) is 42.5 Å². The molecule has 1 N–H and O–H groups in total. The lowest BCUT2D eigenvalue weighted by Crippen LogP contribution is -2.34. The molecular formula is C24H26N2O3S. The largest absolute Gasteiger partial charge is 0.325 e. The van der Waals surface area contributed by atoms with Crippen molar-refractivity contribution >= 4 is 35.2 Å². The lowest BCUT2D eigenvalue weighted by molar-refractivity contribution is -0.140. The predicted octanol–water partition coefficient (Wildman–Crippen LogP) is 4.48. The number of fused-ring (bicyclic) bond motifs is 1. The second-order valence-electron chi connectivity index (χ2n) is 7.89. The molecule has 2 aromatic rings. The van der Waals surface area contributed by atoms with Gasteiger partial charge in [0.2, 0.25) is 17.7 Å². The highest BCUT2D eigenvalue weighted by Crippen LogP contribution is 2.38. The maximum absolute atomic E-state index is 12.6. The van der Waals surface area contributed by atoms with E-state index in [4.69, 9.17) is 0 Å². The van der Waals surface area contributed by atoms with Crippen molar-refractivity contribution in [3.63, 3.8) is 0 Å². The summed E-state index contributed by atoms with van der Waals surface area (Å²) in [5.74, 6) is 0.132. The fourth-order valence-electron chi connectivity index (χ4n) is 4.31. The molecule has 1 saturated heterocycles. The van der Waals surface area contributed by atoms with Gasteiger partial charge in [0.05, 0.1) is 17.5 Å². The van der Waals surface area contributed by atoms with Gasteiger partial charge in [-0.1, -0.05) is 55.3 Å². The zero-order valence-corrected chi connectivity index (χ0v) is 17.7. The van der Waals surface area contributed by atoms with Gasteiger partial charge in [-0.2, -0.15) is 0 Å². The normalized spacial score (nSPS) is 20.9. The Bertz CT molecular complexity index is 907. The third kappa shape index (κ3) is 4.59. The molecule has 0 bridgehead atoms. The Morgan fingerprint density at radius 2 is 1.57 bits per heavy atom. The van der Waals surface area contributed by atoms with E-state index in [0.717, 1.165) is 42.0 Å². The topological polar surface area (TPSA) is 66.5 Å². The number of benzene rings is 2. The van der Waals surface area contributed by atoms with Crippen molar-refractivity contribution < 1.29 is 14.4 Å². The molecule has 3 amide bonds. The van der Waals surface area contributed by atoms with E-state index >= 15 is 0 Å². The van der Waals surface area contributed by atoms with Gasteiger partial charge in [-0.25, -0.2) is 0 Å². The van der Waals surface area contributed by atoms with Crippen molar-refractivity contribution in [3.8, 4) is 0 Å². The van der Waals surface area contributed by atoms with Crippen LogP contribution in [0.4, 0.5) is 5.69 Å². The van der Waals surface area contributed by atoms with Gasteiger partial charge in [-0.05, 0) is 30.5 Å². The summed E-state index contributed by atoms with van der Waals surface area (Å²) in [5.41, 5.74) is 1.98. The van der Waals surface area contributed by atoms with Crippen molar-refractivity contribution in [1.29, 1.82) is 0 Å². The van der Waals surface area contributed by atoms with Gasteiger partial charge in [0.25, 0.3) is 0 Å². The summed E-state index contributed by atoms with van der Waals surface area (Å²) in [6.07, 6.45) is 3.72. The van der Waals surface area contributed by atoms with Gasteiger partial charge in [-0.15, -0.1) is 11.8 Å². The first-order valence-electron chi connectivity index (χ1n) is 10.5. The Kier molecular flexibility index (Phi) is 6.53. The number of anilines is 1. The first-order valence-corrected chi connectivity index (χ1v) is 11.5. The van der Waals surface area contributed by atoms with Crippen LogP contribution in [0.15, 0.2) is 59.5 Å². The van der Waals surface area contributed by atoms with Crippen LogP contribution in [0.1, 0.15) is 37.7 Å². The van der Waals surface area contributed by atoms with E-state index in [-0.39, 0.29) is 42.5 Å². The second kappa shape index (κ2) is 9.47. The minimum absolute atomic E-state index is 0.0867. The lowest BCUT2D eigenvalue weighted by Gasteiger charge is -2.19. The Hall–Kier alpha value is -2.60. The number of amides is 3. The Labute approximate surface area is 181 Å². The van der Waals surface area contributed by atoms with Crippen LogP contribution in [-0.2, 0) is 20.1 Å². The van der Waals surface area contributed by atoms with Crippen LogP contribution in [0, 0.1) is 11.8 Å². The number of carbonyl (C=O) groups is 3. The molecule has 0 unspecified atom stereocenters. The van der Waals surface area contributed by atoms with E-state index in [1.54, 1.807) is 11.8 Å². The van der Waals surface area contributed by atoms with Gasteiger partial charge >= 0.3 is 0 Å². The summed E-state index contributed by atoms with van der Waals surface area (Å²) < 4.78 is 0. The van der Waals surface area contributed by atoms with Crippen LogP contribution in [0.3, 0.4) is 0 Å². The van der Waals surface area contributed by atoms with Gasteiger partial charge in [0.1, 0.15) is 0 Å². The van der Waals surface area contributed by atoms with Crippen LogP contribution in [0.5, 0.6) is 0 Å². The van der Waals surface area contributed by atoms with Gasteiger partial charge in [0.15, 0.2) is 0 Å². The average Bonchev–Trinajstić information content (AvgIpc) is 3.02. The molecule has 5 nitrogen and oxygen atoms in total. The molecule has 156 valence electrons. The van der Waals surface area contributed by atoms with Crippen molar-refractivity contribution in [3.05, 3.63) is 60.2 Å². The summed E-state index contributed by atoms with van der Waals surface area (Å²) in [5, 5.41) is 2.95. The highest BCUT2D eigenvalue weighted by Gasteiger charge is 2.47. The van der Waals surface area contributed by atoms with Crippen LogP contribution in [-0.4, -0.2) is 29.2 Å². The molecule has 0 radical (unpaired) electrons. The zero-order chi connectivity index (χ0) is 20.9. The van der Waals surface area contributed by atoms with Gasteiger partial charge in [-0.3, -0.25) is 19.3 Å². The fourth-order valence-corrected chi connectivity index (χ4v) is 5.27. The number of hydrogen-bond donors (Lipinski definition) is 1. The fraction of sp³-hybridized carbons (Fsp3) is 0.375. The zero-order valence-electron chi connectivity index (χ0n) is 16.9. The third-order valence-electron chi connectivity index (χ3n) is 5.89.